The molecule has 6 heteroatoms. The molecule has 0 amide bonds. The zero-order valence-electron chi connectivity index (χ0n) is 14.4. The number of fused-ring (bicyclic) bond motifs is 2. The van der Waals surface area contributed by atoms with Crippen LogP contribution in [-0.2, 0) is 0 Å². The van der Waals surface area contributed by atoms with Gasteiger partial charge in [-0.25, -0.2) is 0 Å². The molecule has 132 valence electrons. The van der Waals surface area contributed by atoms with Gasteiger partial charge in [0, 0.05) is 21.9 Å². The van der Waals surface area contributed by atoms with Gasteiger partial charge in [0.05, 0.1) is 10.9 Å². The summed E-state index contributed by atoms with van der Waals surface area (Å²) in [6, 6.07) is 6.19. The molecule has 3 aromatic carbocycles. The molecule has 3 aromatic rings. The summed E-state index contributed by atoms with van der Waals surface area (Å²) in [5.74, 6) is -3.20. The van der Waals surface area contributed by atoms with Crippen molar-refractivity contribution >= 4 is 38.9 Å². The minimum Gasteiger partial charge on any atom is -0.507 e. The molecule has 3 rings (SSSR count). The van der Waals surface area contributed by atoms with E-state index in [4.69, 9.17) is 0 Å². The molecule has 0 saturated heterocycles. The molecule has 0 heterocycles. The van der Waals surface area contributed by atoms with Gasteiger partial charge >= 0.3 is 0 Å². The van der Waals surface area contributed by atoms with Crippen molar-refractivity contribution in [2.45, 2.75) is 20.8 Å². The van der Waals surface area contributed by atoms with Crippen LogP contribution >= 0.6 is 0 Å². The Kier molecular flexibility index (Phi) is 3.91. The van der Waals surface area contributed by atoms with Crippen LogP contribution in [0.5, 0.6) is 17.2 Å². The normalized spacial score (nSPS) is 11.0. The minimum absolute atomic E-state index is 0.0942. The molecule has 0 bridgehead atoms. The largest absolute Gasteiger partial charge is 0.507 e. The molecule has 0 spiro atoms. The van der Waals surface area contributed by atoms with E-state index in [1.807, 2.05) is 0 Å². The van der Waals surface area contributed by atoms with E-state index in [1.165, 1.54) is 19.9 Å². The maximum absolute atomic E-state index is 12.2. The highest BCUT2D eigenvalue weighted by molar-refractivity contribution is 6.23. The number of benzene rings is 3. The summed E-state index contributed by atoms with van der Waals surface area (Å²) < 4.78 is 0. The predicted octanol–water partition coefficient (Wildman–Crippen LogP) is 3.72. The summed E-state index contributed by atoms with van der Waals surface area (Å²) in [7, 11) is 0. The highest BCUT2D eigenvalue weighted by Gasteiger charge is 2.27. The van der Waals surface area contributed by atoms with Crippen LogP contribution in [-0.4, -0.2) is 32.7 Å². The Morgan fingerprint density at radius 3 is 1.85 bits per heavy atom. The molecule has 0 saturated carbocycles. The van der Waals surface area contributed by atoms with Crippen LogP contribution in [0.15, 0.2) is 24.3 Å². The third-order valence-corrected chi connectivity index (χ3v) is 4.46. The fraction of sp³-hybridized carbons (Fsp3) is 0.150. The highest BCUT2D eigenvalue weighted by atomic mass is 16.3. The first kappa shape index (κ1) is 17.4. The first-order valence-corrected chi connectivity index (χ1v) is 7.85. The van der Waals surface area contributed by atoms with Gasteiger partial charge in [0.15, 0.2) is 28.8 Å². The maximum Gasteiger partial charge on any atom is 0.170 e. The van der Waals surface area contributed by atoms with Gasteiger partial charge in [0.1, 0.15) is 5.75 Å². The van der Waals surface area contributed by atoms with E-state index in [2.05, 4.69) is 0 Å². The Bertz CT molecular complexity index is 1140. The Morgan fingerprint density at radius 2 is 1.31 bits per heavy atom. The lowest BCUT2D eigenvalue weighted by Crippen LogP contribution is -2.06. The molecule has 6 nitrogen and oxygen atoms in total. The Balaban J connectivity index is 2.71. The van der Waals surface area contributed by atoms with E-state index in [-0.39, 0.29) is 38.8 Å². The number of carbonyl (C=O) groups excluding carboxylic acids is 3. The van der Waals surface area contributed by atoms with E-state index in [0.717, 1.165) is 6.92 Å². The molecule has 0 aliphatic carbocycles. The molecule has 0 fully saturated rings. The lowest BCUT2D eigenvalue weighted by atomic mass is 9.89. The van der Waals surface area contributed by atoms with E-state index in [9.17, 15) is 29.7 Å². The zero-order valence-corrected chi connectivity index (χ0v) is 14.4. The van der Waals surface area contributed by atoms with Crippen molar-refractivity contribution in [2.75, 3.05) is 0 Å². The summed E-state index contributed by atoms with van der Waals surface area (Å²) in [6.07, 6.45) is 0. The summed E-state index contributed by atoms with van der Waals surface area (Å²) in [6.45, 7) is 3.75. The maximum atomic E-state index is 12.2. The SMILES string of the molecule is CC(=O)c1c(O)c(O)c2c(O)c3cccc(C(C)=O)c3cc2c1C(C)=O. The van der Waals surface area contributed by atoms with Crippen LogP contribution < -0.4 is 0 Å². The molecule has 0 unspecified atom stereocenters. The second-order valence-corrected chi connectivity index (χ2v) is 6.16. The summed E-state index contributed by atoms with van der Waals surface area (Å²) in [5, 5.41) is 31.9. The number of phenols is 3. The van der Waals surface area contributed by atoms with Crippen LogP contribution in [0.25, 0.3) is 21.5 Å². The number of aromatic hydroxyl groups is 3. The van der Waals surface area contributed by atoms with Crippen LogP contribution in [0.2, 0.25) is 0 Å². The first-order valence-electron chi connectivity index (χ1n) is 7.85. The van der Waals surface area contributed by atoms with Gasteiger partial charge in [0.2, 0.25) is 0 Å². The number of Topliss-reactive ketones (excluding diaryl/α,β-unsaturated/α-hetero) is 3. The summed E-state index contributed by atoms with van der Waals surface area (Å²) in [4.78, 5) is 36.1. The van der Waals surface area contributed by atoms with Crippen LogP contribution in [0.1, 0.15) is 51.8 Å². The Morgan fingerprint density at radius 1 is 0.692 bits per heavy atom. The lowest BCUT2D eigenvalue weighted by molar-refractivity contribution is 0.0979. The quantitative estimate of drug-likeness (QED) is 0.376. The number of hydrogen-bond donors (Lipinski definition) is 3. The Hall–Kier alpha value is -3.41. The fourth-order valence-corrected chi connectivity index (χ4v) is 3.35. The van der Waals surface area contributed by atoms with Gasteiger partial charge in [-0.3, -0.25) is 14.4 Å². The van der Waals surface area contributed by atoms with Gasteiger partial charge in [-0.1, -0.05) is 18.2 Å². The van der Waals surface area contributed by atoms with E-state index in [1.54, 1.807) is 18.2 Å². The molecule has 0 radical (unpaired) electrons. The topological polar surface area (TPSA) is 112 Å². The molecule has 26 heavy (non-hydrogen) atoms. The van der Waals surface area contributed by atoms with Crippen LogP contribution in [0.3, 0.4) is 0 Å². The summed E-state index contributed by atoms with van der Waals surface area (Å²) in [5.41, 5.74) is -0.106. The van der Waals surface area contributed by atoms with Gasteiger partial charge in [-0.05, 0) is 32.2 Å². The number of phenolic OH excluding ortho intramolecular Hbond substituents is 3. The molecule has 0 aromatic heterocycles. The number of ketones is 3. The van der Waals surface area contributed by atoms with Gasteiger partial charge in [-0.2, -0.15) is 0 Å². The molecule has 3 N–H and O–H groups in total. The van der Waals surface area contributed by atoms with Crippen LogP contribution in [0, 0.1) is 0 Å². The van der Waals surface area contributed by atoms with E-state index >= 15 is 0 Å². The first-order chi connectivity index (χ1) is 12.2. The second kappa shape index (κ2) is 5.84. The van der Waals surface area contributed by atoms with Crippen LogP contribution in [0.4, 0.5) is 0 Å². The highest BCUT2D eigenvalue weighted by Crippen LogP contribution is 2.47. The third kappa shape index (κ3) is 2.30. The van der Waals surface area contributed by atoms with Crippen molar-refractivity contribution in [3.8, 4) is 17.2 Å². The minimum atomic E-state index is -0.757. The molecule has 0 aliphatic rings. The molecule has 0 aliphatic heterocycles. The van der Waals surface area contributed by atoms with Gasteiger partial charge < -0.3 is 15.3 Å². The van der Waals surface area contributed by atoms with Crippen molar-refractivity contribution in [1.82, 2.24) is 0 Å². The van der Waals surface area contributed by atoms with Crippen molar-refractivity contribution in [3.05, 3.63) is 41.0 Å². The summed E-state index contributed by atoms with van der Waals surface area (Å²) >= 11 is 0. The molecular weight excluding hydrogens is 336 g/mol. The van der Waals surface area contributed by atoms with Crippen molar-refractivity contribution in [1.29, 1.82) is 0 Å². The smallest absolute Gasteiger partial charge is 0.170 e. The third-order valence-electron chi connectivity index (χ3n) is 4.46. The number of rotatable bonds is 3. The van der Waals surface area contributed by atoms with Gasteiger partial charge in [-0.15, -0.1) is 0 Å². The Labute approximate surface area is 148 Å². The second-order valence-electron chi connectivity index (χ2n) is 6.16. The van der Waals surface area contributed by atoms with E-state index < -0.39 is 23.1 Å². The average molecular weight is 352 g/mol. The zero-order chi connectivity index (χ0) is 19.3. The standard InChI is InChI=1S/C20H16O6/c1-8(21)11-5-4-6-12-13(11)7-14-15(9(2)22)16(10(3)23)19(25)20(26)17(14)18(12)24/h4-7,24-26H,1-3H3. The lowest BCUT2D eigenvalue weighted by Gasteiger charge is -2.16. The number of hydrogen-bond acceptors (Lipinski definition) is 6. The van der Waals surface area contributed by atoms with Crippen molar-refractivity contribution in [3.63, 3.8) is 0 Å². The fourth-order valence-electron chi connectivity index (χ4n) is 3.35. The van der Waals surface area contributed by atoms with Crippen molar-refractivity contribution in [2.24, 2.45) is 0 Å². The van der Waals surface area contributed by atoms with E-state index in [0.29, 0.717) is 10.9 Å². The molecule has 0 atom stereocenters. The van der Waals surface area contributed by atoms with Gasteiger partial charge in [0.25, 0.3) is 0 Å². The van der Waals surface area contributed by atoms with Crippen molar-refractivity contribution < 1.29 is 29.7 Å². The predicted molar refractivity (Wildman–Crippen MR) is 96.5 cm³/mol. The molecular formula is C20H16O6. The average Bonchev–Trinajstić information content (AvgIpc) is 2.56. The number of carbonyl (C=O) groups is 3. The monoisotopic (exact) mass is 352 g/mol.